The maximum atomic E-state index is 12.1. The predicted octanol–water partition coefficient (Wildman–Crippen LogP) is 3.55. The minimum absolute atomic E-state index is 0.0739. The minimum atomic E-state index is -0.131. The van der Waals surface area contributed by atoms with E-state index in [1.54, 1.807) is 0 Å². The van der Waals surface area contributed by atoms with Gasteiger partial charge in [-0.2, -0.15) is 0 Å². The Bertz CT molecular complexity index is 721. The smallest absolute Gasteiger partial charge is 0.284 e. The van der Waals surface area contributed by atoms with E-state index >= 15 is 0 Å². The van der Waals surface area contributed by atoms with Crippen molar-refractivity contribution in [1.82, 2.24) is 10.2 Å². The molecule has 4 heteroatoms. The molecule has 3 rings (SSSR count). The molecular weight excluding hydrogens is 264 g/mol. The van der Waals surface area contributed by atoms with Crippen LogP contribution < -0.4 is 0 Å². The van der Waals surface area contributed by atoms with Crippen molar-refractivity contribution in [3.8, 4) is 11.5 Å². The molecule has 0 N–H and O–H groups in total. The van der Waals surface area contributed by atoms with Gasteiger partial charge in [-0.1, -0.05) is 48.5 Å². The van der Waals surface area contributed by atoms with Crippen LogP contribution in [0.25, 0.3) is 11.5 Å². The molecule has 0 fully saturated rings. The first-order chi connectivity index (χ1) is 10.3. The summed E-state index contributed by atoms with van der Waals surface area (Å²) in [7, 11) is 0. The third-order valence-corrected chi connectivity index (χ3v) is 3.17. The summed E-state index contributed by atoms with van der Waals surface area (Å²) in [6.07, 6.45) is 1.03. The normalized spacial score (nSPS) is 10.5. The van der Waals surface area contributed by atoms with Crippen molar-refractivity contribution < 1.29 is 9.21 Å². The Hall–Kier alpha value is -2.75. The van der Waals surface area contributed by atoms with E-state index in [0.717, 1.165) is 11.1 Å². The highest BCUT2D eigenvalue weighted by molar-refractivity contribution is 5.91. The molecule has 0 radical (unpaired) electrons. The highest BCUT2D eigenvalue weighted by atomic mass is 16.4. The number of benzene rings is 2. The number of hydrogen-bond acceptors (Lipinski definition) is 4. The molecule has 0 unspecified atom stereocenters. The number of carbonyl (C=O) groups is 1. The summed E-state index contributed by atoms with van der Waals surface area (Å²) in [5.74, 6) is 0.317. The molecule has 21 heavy (non-hydrogen) atoms. The van der Waals surface area contributed by atoms with Crippen molar-refractivity contribution in [3.05, 3.63) is 72.1 Å². The molecule has 3 aromatic rings. The Balaban J connectivity index is 1.67. The van der Waals surface area contributed by atoms with Crippen LogP contribution in [0, 0.1) is 0 Å². The third kappa shape index (κ3) is 3.23. The van der Waals surface area contributed by atoms with Crippen molar-refractivity contribution in [3.63, 3.8) is 0 Å². The second-order valence-electron chi connectivity index (χ2n) is 4.69. The van der Waals surface area contributed by atoms with Crippen LogP contribution in [0.3, 0.4) is 0 Å². The Morgan fingerprint density at radius 1 is 0.905 bits per heavy atom. The van der Waals surface area contributed by atoms with Crippen LogP contribution in [0.2, 0.25) is 0 Å². The van der Waals surface area contributed by atoms with Gasteiger partial charge in [-0.05, 0) is 24.1 Å². The fraction of sp³-hybridized carbons (Fsp3) is 0.118. The average Bonchev–Trinajstić information content (AvgIpc) is 3.04. The molecular formula is C17H14N2O2. The maximum absolute atomic E-state index is 12.1. The number of rotatable bonds is 5. The Morgan fingerprint density at radius 2 is 1.57 bits per heavy atom. The standard InChI is InChI=1S/C17H14N2O2/c20-15(12-11-13-7-3-1-4-8-13)17-19-18-16(21-17)14-9-5-2-6-10-14/h1-10H,11-12H2. The van der Waals surface area contributed by atoms with E-state index in [2.05, 4.69) is 10.2 Å². The molecule has 104 valence electrons. The first kappa shape index (κ1) is 13.2. The monoisotopic (exact) mass is 278 g/mol. The van der Waals surface area contributed by atoms with E-state index in [1.165, 1.54) is 0 Å². The topological polar surface area (TPSA) is 56.0 Å². The summed E-state index contributed by atoms with van der Waals surface area (Å²) >= 11 is 0. The Kier molecular flexibility index (Phi) is 3.87. The molecule has 0 saturated heterocycles. The fourth-order valence-electron chi connectivity index (χ4n) is 2.04. The first-order valence-corrected chi connectivity index (χ1v) is 6.79. The number of aryl methyl sites for hydroxylation is 1. The lowest BCUT2D eigenvalue weighted by atomic mass is 10.1. The second kappa shape index (κ2) is 6.13. The zero-order valence-electron chi connectivity index (χ0n) is 11.4. The van der Waals surface area contributed by atoms with Gasteiger partial charge in [0.15, 0.2) is 0 Å². The van der Waals surface area contributed by atoms with Crippen LogP contribution in [0.15, 0.2) is 65.1 Å². The van der Waals surface area contributed by atoms with E-state index in [-0.39, 0.29) is 11.7 Å². The van der Waals surface area contributed by atoms with E-state index in [1.807, 2.05) is 60.7 Å². The largest absolute Gasteiger partial charge is 0.414 e. The molecule has 0 atom stereocenters. The number of aromatic nitrogens is 2. The van der Waals surface area contributed by atoms with Gasteiger partial charge in [-0.25, -0.2) is 0 Å². The van der Waals surface area contributed by atoms with Crippen molar-refractivity contribution in [2.24, 2.45) is 0 Å². The molecule has 0 aliphatic rings. The molecule has 0 bridgehead atoms. The molecule has 0 aliphatic heterocycles. The van der Waals surface area contributed by atoms with Crippen molar-refractivity contribution >= 4 is 5.78 Å². The summed E-state index contributed by atoms with van der Waals surface area (Å²) < 4.78 is 5.45. The van der Waals surface area contributed by atoms with Crippen LogP contribution in [0.1, 0.15) is 22.7 Å². The summed E-state index contributed by atoms with van der Waals surface area (Å²) in [5, 5.41) is 7.76. The van der Waals surface area contributed by atoms with Crippen molar-refractivity contribution in [1.29, 1.82) is 0 Å². The summed E-state index contributed by atoms with van der Waals surface area (Å²) in [6.45, 7) is 0. The van der Waals surface area contributed by atoms with Crippen molar-refractivity contribution in [2.45, 2.75) is 12.8 Å². The van der Waals surface area contributed by atoms with Crippen molar-refractivity contribution in [2.75, 3.05) is 0 Å². The number of nitrogens with zero attached hydrogens (tertiary/aromatic N) is 2. The molecule has 4 nitrogen and oxygen atoms in total. The van der Waals surface area contributed by atoms with Gasteiger partial charge in [-0.3, -0.25) is 4.79 Å². The highest BCUT2D eigenvalue weighted by Crippen LogP contribution is 2.18. The van der Waals surface area contributed by atoms with Gasteiger partial charge in [-0.15, -0.1) is 10.2 Å². The highest BCUT2D eigenvalue weighted by Gasteiger charge is 2.15. The predicted molar refractivity (Wildman–Crippen MR) is 78.8 cm³/mol. The molecule has 0 saturated carbocycles. The van der Waals surface area contributed by atoms with Crippen LogP contribution in [-0.4, -0.2) is 16.0 Å². The summed E-state index contributed by atoms with van der Waals surface area (Å²) in [5.41, 5.74) is 1.93. The molecule has 2 aromatic carbocycles. The zero-order valence-corrected chi connectivity index (χ0v) is 11.4. The Morgan fingerprint density at radius 3 is 2.29 bits per heavy atom. The first-order valence-electron chi connectivity index (χ1n) is 6.79. The van der Waals surface area contributed by atoms with E-state index in [9.17, 15) is 4.79 Å². The second-order valence-corrected chi connectivity index (χ2v) is 4.69. The van der Waals surface area contributed by atoms with Gasteiger partial charge in [0.25, 0.3) is 5.89 Å². The lowest BCUT2D eigenvalue weighted by Gasteiger charge is -1.98. The van der Waals surface area contributed by atoms with Gasteiger partial charge < -0.3 is 4.42 Å². The molecule has 0 spiro atoms. The van der Waals surface area contributed by atoms with Gasteiger partial charge >= 0.3 is 0 Å². The van der Waals surface area contributed by atoms with Gasteiger partial charge in [0.1, 0.15) is 0 Å². The summed E-state index contributed by atoms with van der Waals surface area (Å²) in [4.78, 5) is 12.1. The minimum Gasteiger partial charge on any atom is -0.414 e. The Labute approximate surface area is 122 Å². The van der Waals surface area contributed by atoms with Gasteiger partial charge in [0.05, 0.1) is 0 Å². The van der Waals surface area contributed by atoms with E-state index < -0.39 is 0 Å². The molecule has 0 amide bonds. The summed E-state index contributed by atoms with van der Waals surface area (Å²) in [6, 6.07) is 19.3. The quantitative estimate of drug-likeness (QED) is 0.670. The van der Waals surface area contributed by atoms with Crippen LogP contribution in [0.4, 0.5) is 0 Å². The number of hydrogen-bond donors (Lipinski definition) is 0. The molecule has 0 aliphatic carbocycles. The SMILES string of the molecule is O=C(CCc1ccccc1)c1nnc(-c2ccccc2)o1. The maximum Gasteiger partial charge on any atom is 0.284 e. The zero-order chi connectivity index (χ0) is 14.5. The molecule has 1 aromatic heterocycles. The van der Waals surface area contributed by atoms with E-state index in [4.69, 9.17) is 4.42 Å². The number of carbonyl (C=O) groups excluding carboxylic acids is 1. The van der Waals surface area contributed by atoms with Crippen LogP contribution in [-0.2, 0) is 6.42 Å². The van der Waals surface area contributed by atoms with Crippen LogP contribution >= 0.6 is 0 Å². The van der Waals surface area contributed by atoms with E-state index in [0.29, 0.717) is 18.7 Å². The fourth-order valence-corrected chi connectivity index (χ4v) is 2.04. The van der Waals surface area contributed by atoms with Crippen LogP contribution in [0.5, 0.6) is 0 Å². The number of Topliss-reactive ketones (excluding diaryl/α,β-unsaturated/α-hetero) is 1. The van der Waals surface area contributed by atoms with Gasteiger partial charge in [0.2, 0.25) is 11.7 Å². The average molecular weight is 278 g/mol. The lowest BCUT2D eigenvalue weighted by Crippen LogP contribution is -2.01. The third-order valence-electron chi connectivity index (χ3n) is 3.17. The van der Waals surface area contributed by atoms with Gasteiger partial charge in [0, 0.05) is 12.0 Å². The number of ketones is 1. The molecule has 1 heterocycles. The lowest BCUT2D eigenvalue weighted by molar-refractivity contribution is 0.0950.